The Hall–Kier alpha value is -5.87. The van der Waals surface area contributed by atoms with Crippen molar-refractivity contribution in [3.63, 3.8) is 0 Å². The molecule has 10 atom stereocenters. The molecule has 2 aromatic carbocycles. The Bertz CT molecular complexity index is 2040. The fourth-order valence-electron chi connectivity index (χ4n) is 6.15. The van der Waals surface area contributed by atoms with Gasteiger partial charge in [-0.25, -0.2) is 0 Å². The van der Waals surface area contributed by atoms with Crippen molar-refractivity contribution in [1.82, 2.24) is 0 Å². The van der Waals surface area contributed by atoms with Crippen molar-refractivity contribution in [1.29, 1.82) is 0 Å². The molecule has 2 saturated heterocycles. The minimum atomic E-state index is -1.93. The molecule has 1 aromatic heterocycles. The third-order valence-corrected chi connectivity index (χ3v) is 8.50. The van der Waals surface area contributed by atoms with Crippen LogP contribution in [0.1, 0.15) is 34.6 Å². The van der Waals surface area contributed by atoms with Crippen molar-refractivity contribution >= 4 is 34.8 Å². The molecule has 2 aliphatic heterocycles. The summed E-state index contributed by atoms with van der Waals surface area (Å²) in [5, 5.41) is 72.6. The van der Waals surface area contributed by atoms with Crippen LogP contribution < -0.4 is 10.2 Å². The van der Waals surface area contributed by atoms with Gasteiger partial charge < -0.3 is 78.1 Å². The average molecular weight is 795 g/mol. The van der Waals surface area contributed by atoms with Gasteiger partial charge >= 0.3 is 23.9 Å². The van der Waals surface area contributed by atoms with E-state index in [1.807, 2.05) is 0 Å². The molecule has 5 rings (SSSR count). The van der Waals surface area contributed by atoms with Crippen molar-refractivity contribution < 1.29 is 97.2 Å². The highest BCUT2D eigenvalue weighted by Gasteiger charge is 2.55. The molecule has 0 amide bonds. The normalized spacial score (nSPS) is 27.6. The SMILES string of the molecule is CC(=O)OCC1O[C@@H](O[C@H]2C(C)O[C@@H](Oc3c(-c4cc(O)c(O)c(O)c4)oc4cc(O)cc(O)c4c3=O)[C@@H](OC(C)=O)C2OC(C)=O)C(O)[C@@H](OC(C)=O)[C@@H]1O. The number of benzene rings is 2. The smallest absolute Gasteiger partial charge is 0.303 e. The van der Waals surface area contributed by atoms with Crippen molar-refractivity contribution in [3.05, 3.63) is 34.5 Å². The van der Waals surface area contributed by atoms with Crippen LogP contribution in [-0.4, -0.2) is 128 Å². The first-order valence-corrected chi connectivity index (χ1v) is 16.7. The molecule has 4 unspecified atom stereocenters. The Labute approximate surface area is 315 Å². The van der Waals surface area contributed by atoms with Gasteiger partial charge in [-0.15, -0.1) is 0 Å². The van der Waals surface area contributed by atoms with Crippen molar-refractivity contribution in [3.8, 4) is 45.8 Å². The average Bonchev–Trinajstić information content (AvgIpc) is 3.09. The molecule has 0 saturated carbocycles. The van der Waals surface area contributed by atoms with Gasteiger partial charge in [0.1, 0.15) is 53.5 Å². The van der Waals surface area contributed by atoms with Crippen molar-refractivity contribution in [2.24, 2.45) is 0 Å². The molecule has 0 spiro atoms. The molecule has 0 aliphatic carbocycles. The van der Waals surface area contributed by atoms with Gasteiger partial charge in [0.2, 0.25) is 23.6 Å². The van der Waals surface area contributed by atoms with Crippen LogP contribution in [0.15, 0.2) is 33.5 Å². The lowest BCUT2D eigenvalue weighted by Gasteiger charge is -2.47. The lowest BCUT2D eigenvalue weighted by atomic mass is 9.96. The molecule has 0 radical (unpaired) electrons. The van der Waals surface area contributed by atoms with Crippen LogP contribution in [0.4, 0.5) is 0 Å². The summed E-state index contributed by atoms with van der Waals surface area (Å²) >= 11 is 0. The van der Waals surface area contributed by atoms with Gasteiger partial charge in [0.05, 0.1) is 6.10 Å². The second kappa shape index (κ2) is 16.5. The standard InChI is InChI=1S/C35H38O21/c1-11-28(55-34-27(47)30(50-13(3)37)25(45)22(54-34)10-48-12(2)36)32(51-14(4)38)33(52-15(5)39)35(49-11)56-31-26(46)23-18(41)8-17(40)9-21(23)53-29(31)16-6-19(42)24(44)20(43)7-16/h6-9,11,22,25,27-28,30,32-35,40-45,47H,10H2,1-5H3/t11?,22?,25-,27?,28+,30+,32?,33+,34+,35+/m1/s1. The first kappa shape index (κ1) is 41.3. The number of ether oxygens (including phenoxy) is 8. The lowest BCUT2D eigenvalue weighted by Crippen LogP contribution is -2.65. The highest BCUT2D eigenvalue weighted by atomic mass is 16.8. The van der Waals surface area contributed by atoms with Gasteiger partial charge in [-0.3, -0.25) is 24.0 Å². The third-order valence-electron chi connectivity index (χ3n) is 8.50. The molecular weight excluding hydrogens is 756 g/mol. The maximum atomic E-state index is 14.1. The maximum absolute atomic E-state index is 14.1. The third kappa shape index (κ3) is 8.66. The summed E-state index contributed by atoms with van der Waals surface area (Å²) in [6, 6.07) is 3.54. The number of aliphatic hydroxyl groups is 2. The van der Waals surface area contributed by atoms with E-state index in [1.165, 1.54) is 6.92 Å². The van der Waals surface area contributed by atoms with Crippen LogP contribution in [0.2, 0.25) is 0 Å². The van der Waals surface area contributed by atoms with E-state index in [9.17, 15) is 59.7 Å². The summed E-state index contributed by atoms with van der Waals surface area (Å²) in [4.78, 5) is 62.5. The van der Waals surface area contributed by atoms with Gasteiger partial charge in [-0.2, -0.15) is 0 Å². The van der Waals surface area contributed by atoms with Crippen LogP contribution in [0.5, 0.6) is 34.5 Å². The Morgan fingerprint density at radius 1 is 0.696 bits per heavy atom. The number of fused-ring (bicyclic) bond motifs is 1. The van der Waals surface area contributed by atoms with Gasteiger partial charge in [-0.05, 0) is 19.1 Å². The molecule has 304 valence electrons. The minimum absolute atomic E-state index is 0.295. The Morgan fingerprint density at radius 3 is 1.88 bits per heavy atom. The predicted molar refractivity (Wildman–Crippen MR) is 180 cm³/mol. The van der Waals surface area contributed by atoms with Crippen LogP contribution >= 0.6 is 0 Å². The molecule has 2 fully saturated rings. The number of hydrogen-bond acceptors (Lipinski definition) is 21. The van der Waals surface area contributed by atoms with Crippen LogP contribution in [0, 0.1) is 0 Å². The molecule has 7 N–H and O–H groups in total. The molecule has 3 heterocycles. The topological polar surface area (TPSA) is 314 Å². The van der Waals surface area contributed by atoms with E-state index in [1.54, 1.807) is 0 Å². The lowest BCUT2D eigenvalue weighted by molar-refractivity contribution is -0.350. The number of rotatable bonds is 10. The van der Waals surface area contributed by atoms with Crippen LogP contribution in [-0.2, 0) is 52.3 Å². The summed E-state index contributed by atoms with van der Waals surface area (Å²) < 4.78 is 50.7. The monoisotopic (exact) mass is 794 g/mol. The Balaban J connectivity index is 1.59. The molecule has 21 heteroatoms. The number of esters is 4. The second-order valence-corrected chi connectivity index (χ2v) is 12.8. The van der Waals surface area contributed by atoms with E-state index >= 15 is 0 Å². The minimum Gasteiger partial charge on any atom is -0.508 e. The zero-order chi connectivity index (χ0) is 41.3. The number of hydrogen-bond donors (Lipinski definition) is 7. The highest BCUT2D eigenvalue weighted by molar-refractivity contribution is 5.88. The van der Waals surface area contributed by atoms with Gasteiger partial charge in [0.15, 0.2) is 41.5 Å². The van der Waals surface area contributed by atoms with Crippen molar-refractivity contribution in [2.45, 2.75) is 96.0 Å². The Kier molecular flexibility index (Phi) is 12.1. The van der Waals surface area contributed by atoms with E-state index in [-0.39, 0.29) is 5.56 Å². The summed E-state index contributed by atoms with van der Waals surface area (Å²) in [5.74, 6) is -8.99. The number of phenolic OH excluding ortho intramolecular Hbond substituents is 5. The first-order valence-electron chi connectivity index (χ1n) is 16.7. The predicted octanol–water partition coefficient (Wildman–Crippen LogP) is 0.302. The van der Waals surface area contributed by atoms with Crippen molar-refractivity contribution in [2.75, 3.05) is 6.61 Å². The maximum Gasteiger partial charge on any atom is 0.303 e. The van der Waals surface area contributed by atoms with Gasteiger partial charge in [-0.1, -0.05) is 0 Å². The molecule has 3 aromatic rings. The van der Waals surface area contributed by atoms with E-state index < -0.39 is 149 Å². The zero-order valence-corrected chi connectivity index (χ0v) is 30.1. The van der Waals surface area contributed by atoms with Gasteiger partial charge in [0.25, 0.3) is 0 Å². The quantitative estimate of drug-likeness (QED) is 0.0824. The van der Waals surface area contributed by atoms with E-state index in [0.717, 1.165) is 52.0 Å². The number of aromatic hydroxyl groups is 5. The number of carbonyl (C=O) groups excluding carboxylic acids is 4. The summed E-state index contributed by atoms with van der Waals surface area (Å²) in [5.41, 5.74) is -1.83. The fraction of sp³-hybridized carbons (Fsp3) is 0.457. The van der Waals surface area contributed by atoms with E-state index in [2.05, 4.69) is 0 Å². The van der Waals surface area contributed by atoms with Crippen LogP contribution in [0.25, 0.3) is 22.3 Å². The van der Waals surface area contributed by atoms with E-state index in [4.69, 9.17) is 42.3 Å². The number of carbonyl (C=O) groups is 4. The zero-order valence-electron chi connectivity index (χ0n) is 30.1. The van der Waals surface area contributed by atoms with Gasteiger partial charge in [0, 0.05) is 45.4 Å². The summed E-state index contributed by atoms with van der Waals surface area (Å²) in [6.07, 6.45) is -17.0. The Morgan fingerprint density at radius 2 is 1.29 bits per heavy atom. The molecule has 0 bridgehead atoms. The second-order valence-electron chi connectivity index (χ2n) is 12.8. The molecule has 2 aliphatic rings. The summed E-state index contributed by atoms with van der Waals surface area (Å²) in [6.45, 7) is 4.81. The number of phenols is 5. The molecule has 56 heavy (non-hydrogen) atoms. The first-order chi connectivity index (χ1) is 26.3. The number of aliphatic hydroxyl groups excluding tert-OH is 2. The largest absolute Gasteiger partial charge is 0.508 e. The molecular formula is C35H38O21. The van der Waals surface area contributed by atoms with E-state index in [0.29, 0.717) is 0 Å². The highest BCUT2D eigenvalue weighted by Crippen LogP contribution is 2.43. The summed E-state index contributed by atoms with van der Waals surface area (Å²) in [7, 11) is 0. The molecule has 21 nitrogen and oxygen atoms in total. The fourth-order valence-corrected chi connectivity index (χ4v) is 6.15. The van der Waals surface area contributed by atoms with Crippen LogP contribution in [0.3, 0.4) is 0 Å².